The molecule has 0 aliphatic heterocycles. The van der Waals surface area contributed by atoms with E-state index in [1.165, 1.54) is 55.1 Å². The number of para-hydroxylation sites is 3. The molecule has 9 rings (SSSR count). The average molecular weight is 579 g/mol. The van der Waals surface area contributed by atoms with Gasteiger partial charge in [-0.1, -0.05) is 91.0 Å². The van der Waals surface area contributed by atoms with Crippen molar-refractivity contribution in [2.45, 2.75) is 13.8 Å². The van der Waals surface area contributed by atoms with Gasteiger partial charge in [0.15, 0.2) is 5.58 Å². The van der Waals surface area contributed by atoms with Gasteiger partial charge in [-0.05, 0) is 85.1 Å². The van der Waals surface area contributed by atoms with E-state index in [1.807, 2.05) is 0 Å². The minimum absolute atomic E-state index is 0.883. The SMILES string of the molecule is C/C=C\c1c(C)c2ccccc2n1-c1cccc2c1oc1ccc(-n3c4ccccc4c4cc(-c5ccccc5)ccc43)cc12. The molecule has 9 aromatic rings. The smallest absolute Gasteiger partial charge is 0.159 e. The fraction of sp³-hybridized carbons (Fsp3) is 0.0476. The van der Waals surface area contributed by atoms with Crippen molar-refractivity contribution < 1.29 is 4.42 Å². The molecule has 0 bridgehead atoms. The molecule has 0 aliphatic rings. The quantitative estimate of drug-likeness (QED) is 0.204. The molecule has 3 nitrogen and oxygen atoms in total. The molecule has 0 radical (unpaired) electrons. The van der Waals surface area contributed by atoms with Crippen LogP contribution in [0.25, 0.3) is 83.2 Å². The zero-order valence-corrected chi connectivity index (χ0v) is 25.2. The van der Waals surface area contributed by atoms with Crippen molar-refractivity contribution in [3.05, 3.63) is 151 Å². The molecular formula is C42H30N2O. The van der Waals surface area contributed by atoms with Crippen molar-refractivity contribution >= 4 is 60.7 Å². The van der Waals surface area contributed by atoms with Gasteiger partial charge in [0.05, 0.1) is 22.2 Å². The van der Waals surface area contributed by atoms with Crippen LogP contribution in [0.15, 0.2) is 144 Å². The maximum atomic E-state index is 6.69. The number of nitrogens with zero attached hydrogens (tertiary/aromatic N) is 2. The molecule has 0 atom stereocenters. The first-order valence-electron chi connectivity index (χ1n) is 15.5. The number of hydrogen-bond acceptors (Lipinski definition) is 1. The van der Waals surface area contributed by atoms with E-state index in [9.17, 15) is 0 Å². The zero-order valence-electron chi connectivity index (χ0n) is 25.2. The second kappa shape index (κ2) is 9.87. The van der Waals surface area contributed by atoms with E-state index in [0.29, 0.717) is 0 Å². The van der Waals surface area contributed by atoms with Crippen LogP contribution in [0.1, 0.15) is 18.2 Å². The number of furan rings is 1. The maximum absolute atomic E-state index is 6.69. The molecular weight excluding hydrogens is 548 g/mol. The highest BCUT2D eigenvalue weighted by atomic mass is 16.3. The second-order valence-electron chi connectivity index (χ2n) is 11.7. The molecule has 0 fully saturated rings. The van der Waals surface area contributed by atoms with Crippen molar-refractivity contribution in [3.63, 3.8) is 0 Å². The molecule has 3 heterocycles. The van der Waals surface area contributed by atoms with E-state index < -0.39 is 0 Å². The van der Waals surface area contributed by atoms with E-state index in [2.05, 4.69) is 169 Å². The fourth-order valence-corrected chi connectivity index (χ4v) is 7.19. The number of hydrogen-bond donors (Lipinski definition) is 0. The van der Waals surface area contributed by atoms with Crippen molar-refractivity contribution in [2.24, 2.45) is 0 Å². The Labute approximate surface area is 260 Å². The Morgan fingerprint density at radius 3 is 2.07 bits per heavy atom. The molecule has 0 amide bonds. The number of benzene rings is 6. The Kier molecular flexibility index (Phi) is 5.63. The third-order valence-corrected chi connectivity index (χ3v) is 9.24. The standard InChI is InChI=1S/C42H30N2O/c1-3-12-36-27(2)31-15-7-9-18-37(31)44(36)40-20-11-17-33-35-26-30(22-24-41(35)45-42(33)40)43-38-19-10-8-16-32(38)34-25-29(21-23-39(34)43)28-13-5-4-6-14-28/h3-26H,1-2H3/b12-3-. The van der Waals surface area contributed by atoms with E-state index >= 15 is 0 Å². The van der Waals surface area contributed by atoms with E-state index in [4.69, 9.17) is 4.42 Å². The summed E-state index contributed by atoms with van der Waals surface area (Å²) in [7, 11) is 0. The molecule has 214 valence electrons. The van der Waals surface area contributed by atoms with Gasteiger partial charge in [0, 0.05) is 38.3 Å². The van der Waals surface area contributed by atoms with Crippen molar-refractivity contribution in [3.8, 4) is 22.5 Å². The van der Waals surface area contributed by atoms with Crippen LogP contribution in [0.3, 0.4) is 0 Å². The van der Waals surface area contributed by atoms with Crippen LogP contribution in [0.4, 0.5) is 0 Å². The van der Waals surface area contributed by atoms with E-state index in [1.54, 1.807) is 0 Å². The van der Waals surface area contributed by atoms with Crippen molar-refractivity contribution in [1.82, 2.24) is 9.13 Å². The van der Waals surface area contributed by atoms with Gasteiger partial charge in [-0.2, -0.15) is 0 Å². The molecule has 0 N–H and O–H groups in total. The first-order chi connectivity index (χ1) is 22.2. The Hall–Kier alpha value is -5.80. The van der Waals surface area contributed by atoms with Crippen LogP contribution < -0.4 is 0 Å². The summed E-state index contributed by atoms with van der Waals surface area (Å²) in [5.41, 5.74) is 12.4. The molecule has 0 spiro atoms. The van der Waals surface area contributed by atoms with E-state index in [-0.39, 0.29) is 0 Å². The predicted molar refractivity (Wildman–Crippen MR) is 190 cm³/mol. The largest absolute Gasteiger partial charge is 0.454 e. The summed E-state index contributed by atoms with van der Waals surface area (Å²) in [6.45, 7) is 4.27. The predicted octanol–water partition coefficient (Wildman–Crippen LogP) is 11.6. The summed E-state index contributed by atoms with van der Waals surface area (Å²) < 4.78 is 11.4. The second-order valence-corrected chi connectivity index (χ2v) is 11.7. The molecule has 45 heavy (non-hydrogen) atoms. The Morgan fingerprint density at radius 2 is 1.24 bits per heavy atom. The van der Waals surface area contributed by atoms with Gasteiger partial charge in [-0.3, -0.25) is 0 Å². The lowest BCUT2D eigenvalue weighted by Gasteiger charge is -2.10. The average Bonchev–Trinajstić information content (AvgIpc) is 3.72. The van der Waals surface area contributed by atoms with Crippen LogP contribution in [-0.4, -0.2) is 9.13 Å². The number of aryl methyl sites for hydroxylation is 1. The number of fused-ring (bicyclic) bond motifs is 7. The lowest BCUT2D eigenvalue weighted by molar-refractivity contribution is 0.665. The van der Waals surface area contributed by atoms with Crippen LogP contribution >= 0.6 is 0 Å². The normalized spacial score (nSPS) is 12.1. The molecule has 6 aromatic carbocycles. The third-order valence-electron chi connectivity index (χ3n) is 9.24. The summed E-state index contributed by atoms with van der Waals surface area (Å²) >= 11 is 0. The number of aromatic nitrogens is 2. The molecule has 3 heteroatoms. The van der Waals surface area contributed by atoms with Crippen molar-refractivity contribution in [1.29, 1.82) is 0 Å². The molecule has 0 saturated heterocycles. The van der Waals surface area contributed by atoms with Crippen LogP contribution in [0.2, 0.25) is 0 Å². The van der Waals surface area contributed by atoms with E-state index in [0.717, 1.165) is 33.3 Å². The minimum Gasteiger partial charge on any atom is -0.454 e. The maximum Gasteiger partial charge on any atom is 0.159 e. The van der Waals surface area contributed by atoms with Crippen molar-refractivity contribution in [2.75, 3.05) is 0 Å². The van der Waals surface area contributed by atoms with Crippen LogP contribution in [0.5, 0.6) is 0 Å². The van der Waals surface area contributed by atoms with Gasteiger partial charge < -0.3 is 13.6 Å². The van der Waals surface area contributed by atoms with Gasteiger partial charge in [0.2, 0.25) is 0 Å². The Balaban J connectivity index is 1.28. The highest BCUT2D eigenvalue weighted by Gasteiger charge is 2.20. The molecule has 0 saturated carbocycles. The van der Waals surface area contributed by atoms with Crippen LogP contribution in [-0.2, 0) is 0 Å². The highest BCUT2D eigenvalue weighted by molar-refractivity contribution is 6.12. The summed E-state index contributed by atoms with van der Waals surface area (Å²) in [4.78, 5) is 0. The lowest BCUT2D eigenvalue weighted by Crippen LogP contribution is -1.97. The summed E-state index contributed by atoms with van der Waals surface area (Å²) in [5, 5.41) is 5.96. The lowest BCUT2D eigenvalue weighted by atomic mass is 10.0. The number of rotatable bonds is 4. The first kappa shape index (κ1) is 25.7. The summed E-state index contributed by atoms with van der Waals surface area (Å²) in [6.07, 6.45) is 4.30. The van der Waals surface area contributed by atoms with Gasteiger partial charge in [0.1, 0.15) is 5.58 Å². The zero-order chi connectivity index (χ0) is 30.1. The topological polar surface area (TPSA) is 23.0 Å². The van der Waals surface area contributed by atoms with Gasteiger partial charge in [0.25, 0.3) is 0 Å². The fourth-order valence-electron chi connectivity index (χ4n) is 7.19. The third kappa shape index (κ3) is 3.77. The monoisotopic (exact) mass is 578 g/mol. The number of allylic oxidation sites excluding steroid dienone is 1. The minimum atomic E-state index is 0.883. The Morgan fingerprint density at radius 1 is 0.533 bits per heavy atom. The molecule has 0 aliphatic carbocycles. The summed E-state index contributed by atoms with van der Waals surface area (Å²) in [6, 6.07) is 47.8. The van der Waals surface area contributed by atoms with Gasteiger partial charge in [-0.25, -0.2) is 0 Å². The first-order valence-corrected chi connectivity index (χ1v) is 15.5. The highest BCUT2D eigenvalue weighted by Crippen LogP contribution is 2.40. The van der Waals surface area contributed by atoms with Crippen LogP contribution in [0, 0.1) is 6.92 Å². The van der Waals surface area contributed by atoms with Gasteiger partial charge in [-0.15, -0.1) is 0 Å². The molecule has 0 unspecified atom stereocenters. The molecule has 3 aromatic heterocycles. The van der Waals surface area contributed by atoms with Gasteiger partial charge >= 0.3 is 0 Å². The Bertz CT molecular complexity index is 2610. The summed E-state index contributed by atoms with van der Waals surface area (Å²) in [5.74, 6) is 0.